The lowest BCUT2D eigenvalue weighted by Gasteiger charge is -2.28. The SMILES string of the molecule is c1cc(N2CCSCC2)cc(CNC2CC2)n1. The highest BCUT2D eigenvalue weighted by Crippen LogP contribution is 2.21. The van der Waals surface area contributed by atoms with E-state index in [0.717, 1.165) is 12.6 Å². The lowest BCUT2D eigenvalue weighted by atomic mass is 10.2. The molecule has 0 bridgehead atoms. The Hall–Kier alpha value is -0.740. The lowest BCUT2D eigenvalue weighted by Crippen LogP contribution is -2.32. The fraction of sp³-hybridized carbons (Fsp3) is 0.615. The summed E-state index contributed by atoms with van der Waals surface area (Å²) >= 11 is 2.05. The van der Waals surface area contributed by atoms with E-state index in [9.17, 15) is 0 Å². The van der Waals surface area contributed by atoms with Gasteiger partial charge in [-0.05, 0) is 25.0 Å². The molecule has 1 saturated heterocycles. The largest absolute Gasteiger partial charge is 0.370 e. The average molecular weight is 249 g/mol. The van der Waals surface area contributed by atoms with Crippen LogP contribution in [0.3, 0.4) is 0 Å². The summed E-state index contributed by atoms with van der Waals surface area (Å²) < 4.78 is 0. The second kappa shape index (κ2) is 5.27. The zero-order valence-corrected chi connectivity index (χ0v) is 10.9. The molecule has 2 fully saturated rings. The van der Waals surface area contributed by atoms with Crippen LogP contribution >= 0.6 is 11.8 Å². The van der Waals surface area contributed by atoms with E-state index in [2.05, 4.69) is 39.1 Å². The van der Waals surface area contributed by atoms with Gasteiger partial charge in [-0.25, -0.2) is 0 Å². The molecular weight excluding hydrogens is 230 g/mol. The Bertz CT molecular complexity index is 373. The van der Waals surface area contributed by atoms with E-state index in [1.807, 2.05) is 6.20 Å². The Balaban J connectivity index is 1.64. The second-order valence-electron chi connectivity index (χ2n) is 4.76. The molecule has 92 valence electrons. The van der Waals surface area contributed by atoms with Gasteiger partial charge in [-0.1, -0.05) is 0 Å². The van der Waals surface area contributed by atoms with Crippen molar-refractivity contribution in [2.75, 3.05) is 29.5 Å². The molecule has 1 aromatic heterocycles. The van der Waals surface area contributed by atoms with E-state index in [1.165, 1.54) is 48.8 Å². The van der Waals surface area contributed by atoms with Gasteiger partial charge in [0.25, 0.3) is 0 Å². The molecule has 3 rings (SSSR count). The summed E-state index contributed by atoms with van der Waals surface area (Å²) in [5.41, 5.74) is 2.51. The van der Waals surface area contributed by atoms with Crippen LogP contribution in [0.5, 0.6) is 0 Å². The minimum atomic E-state index is 0.756. The third kappa shape index (κ3) is 3.13. The van der Waals surface area contributed by atoms with Gasteiger partial charge in [0.15, 0.2) is 0 Å². The van der Waals surface area contributed by atoms with Crippen molar-refractivity contribution in [1.82, 2.24) is 10.3 Å². The van der Waals surface area contributed by atoms with Gasteiger partial charge in [0.05, 0.1) is 5.69 Å². The maximum absolute atomic E-state index is 4.44. The van der Waals surface area contributed by atoms with Crippen LogP contribution in [0.15, 0.2) is 18.3 Å². The van der Waals surface area contributed by atoms with Crippen molar-refractivity contribution in [3.63, 3.8) is 0 Å². The van der Waals surface area contributed by atoms with Crippen LogP contribution in [-0.2, 0) is 6.54 Å². The third-order valence-electron chi connectivity index (χ3n) is 3.33. The number of anilines is 1. The van der Waals surface area contributed by atoms with Gasteiger partial charge in [0, 0.05) is 49.1 Å². The van der Waals surface area contributed by atoms with Crippen LogP contribution in [-0.4, -0.2) is 35.6 Å². The van der Waals surface area contributed by atoms with E-state index in [0.29, 0.717) is 0 Å². The van der Waals surface area contributed by atoms with Crippen LogP contribution in [0.4, 0.5) is 5.69 Å². The van der Waals surface area contributed by atoms with E-state index < -0.39 is 0 Å². The molecular formula is C13H19N3S. The Morgan fingerprint density at radius 2 is 2.18 bits per heavy atom. The molecule has 1 aliphatic carbocycles. The molecule has 0 radical (unpaired) electrons. The van der Waals surface area contributed by atoms with E-state index in [1.54, 1.807) is 0 Å². The highest BCUT2D eigenvalue weighted by Gasteiger charge is 2.20. The van der Waals surface area contributed by atoms with Crippen molar-refractivity contribution in [1.29, 1.82) is 0 Å². The molecule has 3 nitrogen and oxygen atoms in total. The molecule has 0 spiro atoms. The fourth-order valence-corrected chi connectivity index (χ4v) is 3.02. The van der Waals surface area contributed by atoms with Gasteiger partial charge in [-0.2, -0.15) is 11.8 Å². The Kier molecular flexibility index (Phi) is 3.52. The molecule has 1 aliphatic heterocycles. The molecule has 1 saturated carbocycles. The molecule has 0 atom stereocenters. The van der Waals surface area contributed by atoms with Crippen LogP contribution in [0.1, 0.15) is 18.5 Å². The number of nitrogens with one attached hydrogen (secondary N) is 1. The van der Waals surface area contributed by atoms with Gasteiger partial charge in [-0.15, -0.1) is 0 Å². The summed E-state index contributed by atoms with van der Waals surface area (Å²) in [6, 6.07) is 5.13. The number of hydrogen-bond donors (Lipinski definition) is 1. The van der Waals surface area contributed by atoms with E-state index in [4.69, 9.17) is 0 Å². The molecule has 2 heterocycles. The number of rotatable bonds is 4. The van der Waals surface area contributed by atoms with Crippen molar-refractivity contribution in [3.05, 3.63) is 24.0 Å². The first-order valence-electron chi connectivity index (χ1n) is 6.43. The zero-order valence-electron chi connectivity index (χ0n) is 10.1. The van der Waals surface area contributed by atoms with Crippen LogP contribution in [0.2, 0.25) is 0 Å². The topological polar surface area (TPSA) is 28.2 Å². The first-order chi connectivity index (χ1) is 8.42. The van der Waals surface area contributed by atoms with Crippen molar-refractivity contribution in [2.24, 2.45) is 0 Å². The summed E-state index contributed by atoms with van der Waals surface area (Å²) in [5, 5.41) is 3.52. The van der Waals surface area contributed by atoms with Crippen LogP contribution in [0.25, 0.3) is 0 Å². The normalized spacial score (nSPS) is 20.6. The highest BCUT2D eigenvalue weighted by atomic mass is 32.2. The zero-order chi connectivity index (χ0) is 11.5. The quantitative estimate of drug-likeness (QED) is 0.882. The van der Waals surface area contributed by atoms with Gasteiger partial charge < -0.3 is 10.2 Å². The Morgan fingerprint density at radius 1 is 1.35 bits per heavy atom. The van der Waals surface area contributed by atoms with Crippen LogP contribution in [0, 0.1) is 0 Å². The molecule has 4 heteroatoms. The van der Waals surface area contributed by atoms with Crippen molar-refractivity contribution >= 4 is 17.4 Å². The maximum Gasteiger partial charge on any atom is 0.0562 e. The minimum absolute atomic E-state index is 0.756. The molecule has 17 heavy (non-hydrogen) atoms. The van der Waals surface area contributed by atoms with E-state index in [-0.39, 0.29) is 0 Å². The minimum Gasteiger partial charge on any atom is -0.370 e. The van der Waals surface area contributed by atoms with Crippen molar-refractivity contribution in [2.45, 2.75) is 25.4 Å². The number of nitrogens with zero attached hydrogens (tertiary/aromatic N) is 2. The smallest absolute Gasteiger partial charge is 0.0562 e. The van der Waals surface area contributed by atoms with Crippen molar-refractivity contribution in [3.8, 4) is 0 Å². The predicted octanol–water partition coefficient (Wildman–Crippen LogP) is 1.89. The number of pyridine rings is 1. The predicted molar refractivity (Wildman–Crippen MR) is 73.6 cm³/mol. The molecule has 0 unspecified atom stereocenters. The Labute approximate surface area is 107 Å². The first kappa shape index (κ1) is 11.4. The van der Waals surface area contributed by atoms with Gasteiger partial charge >= 0.3 is 0 Å². The van der Waals surface area contributed by atoms with Crippen LogP contribution < -0.4 is 10.2 Å². The molecule has 0 amide bonds. The molecule has 1 N–H and O–H groups in total. The average Bonchev–Trinajstić information content (AvgIpc) is 3.22. The highest BCUT2D eigenvalue weighted by molar-refractivity contribution is 7.99. The van der Waals surface area contributed by atoms with E-state index >= 15 is 0 Å². The molecule has 1 aromatic rings. The Morgan fingerprint density at radius 3 is 2.94 bits per heavy atom. The number of hydrogen-bond acceptors (Lipinski definition) is 4. The standard InChI is InChI=1S/C13H19N3S/c1-2-11(1)15-10-12-9-13(3-4-14-12)16-5-7-17-8-6-16/h3-4,9,11,15H,1-2,5-8,10H2. The lowest BCUT2D eigenvalue weighted by molar-refractivity contribution is 0.674. The monoisotopic (exact) mass is 249 g/mol. The number of thioether (sulfide) groups is 1. The fourth-order valence-electron chi connectivity index (χ4n) is 2.12. The molecule has 2 aliphatic rings. The first-order valence-corrected chi connectivity index (χ1v) is 7.58. The van der Waals surface area contributed by atoms with Gasteiger partial charge in [0.1, 0.15) is 0 Å². The number of aromatic nitrogens is 1. The van der Waals surface area contributed by atoms with Crippen molar-refractivity contribution < 1.29 is 0 Å². The van der Waals surface area contributed by atoms with Gasteiger partial charge in [0.2, 0.25) is 0 Å². The maximum atomic E-state index is 4.44. The molecule has 0 aromatic carbocycles. The summed E-state index contributed by atoms with van der Waals surface area (Å²) in [5.74, 6) is 2.50. The summed E-state index contributed by atoms with van der Waals surface area (Å²) in [6.07, 6.45) is 4.62. The summed E-state index contributed by atoms with van der Waals surface area (Å²) in [7, 11) is 0. The third-order valence-corrected chi connectivity index (χ3v) is 4.27. The summed E-state index contributed by atoms with van der Waals surface area (Å²) in [4.78, 5) is 6.91. The summed E-state index contributed by atoms with van der Waals surface area (Å²) in [6.45, 7) is 3.26. The second-order valence-corrected chi connectivity index (χ2v) is 5.98. The van der Waals surface area contributed by atoms with Gasteiger partial charge in [-0.3, -0.25) is 4.98 Å².